The number of H-pyrrole nitrogens is 1. The van der Waals surface area contributed by atoms with E-state index in [1.165, 1.54) is 6.33 Å². The van der Waals surface area contributed by atoms with Crippen molar-refractivity contribution < 1.29 is 24.2 Å². The predicted molar refractivity (Wildman–Crippen MR) is 167 cm³/mol. The van der Waals surface area contributed by atoms with Crippen molar-refractivity contribution in [2.75, 3.05) is 18.4 Å². The quantitative estimate of drug-likeness (QED) is 0.173. The topological polar surface area (TPSA) is 162 Å². The molecule has 1 aliphatic heterocycles. The van der Waals surface area contributed by atoms with Gasteiger partial charge < -0.3 is 30.4 Å². The number of carboxylic acid groups (broad SMARTS) is 1. The van der Waals surface area contributed by atoms with Gasteiger partial charge in [0.2, 0.25) is 0 Å². The Morgan fingerprint density at radius 2 is 1.95 bits per heavy atom. The summed E-state index contributed by atoms with van der Waals surface area (Å²) < 4.78 is 5.32. The predicted octanol–water partition coefficient (Wildman–Crippen LogP) is 5.96. The molecule has 0 radical (unpaired) electrons. The van der Waals surface area contributed by atoms with Crippen molar-refractivity contribution >= 4 is 68.9 Å². The van der Waals surface area contributed by atoms with Gasteiger partial charge in [-0.1, -0.05) is 23.2 Å². The normalized spacial score (nSPS) is 15.8. The van der Waals surface area contributed by atoms with Crippen LogP contribution in [0.1, 0.15) is 68.7 Å². The number of hydrogen-bond acceptors (Lipinski definition) is 8. The van der Waals surface area contributed by atoms with Gasteiger partial charge in [-0.05, 0) is 70.4 Å². The summed E-state index contributed by atoms with van der Waals surface area (Å²) in [6.07, 6.45) is 2.45. The number of carbonyl (C=O) groups excluding carboxylic acids is 2. The highest BCUT2D eigenvalue weighted by molar-refractivity contribution is 6.35. The first kappa shape index (κ1) is 31.3. The molecule has 2 aromatic heterocycles. The SMILES string of the molecule is CC(C)(C)OC(=O)NC[C@@H]1CCCN1C(=O)c1cc2ncnc(N[C@@H](CCC(=O)O)c3nc4cc(Cl)ccc4[nH]3)c2cc1Cl. The van der Waals surface area contributed by atoms with E-state index in [4.69, 9.17) is 27.9 Å². The Kier molecular flexibility index (Phi) is 9.12. The molecule has 0 aliphatic carbocycles. The Bertz CT molecular complexity index is 1720. The van der Waals surface area contributed by atoms with Gasteiger partial charge in [-0.15, -0.1) is 0 Å². The summed E-state index contributed by atoms with van der Waals surface area (Å²) in [5.74, 6) is -0.284. The van der Waals surface area contributed by atoms with Crippen LogP contribution in [0, 0.1) is 0 Å². The highest BCUT2D eigenvalue weighted by Gasteiger charge is 2.32. The number of alkyl carbamates (subject to hydrolysis) is 1. The summed E-state index contributed by atoms with van der Waals surface area (Å²) >= 11 is 12.8. The Balaban J connectivity index is 1.38. The molecule has 2 amide bonds. The van der Waals surface area contributed by atoms with Gasteiger partial charge >= 0.3 is 12.1 Å². The van der Waals surface area contributed by atoms with Crippen LogP contribution in [0.15, 0.2) is 36.7 Å². The van der Waals surface area contributed by atoms with E-state index >= 15 is 0 Å². The number of aliphatic carboxylic acids is 1. The van der Waals surface area contributed by atoms with Crippen molar-refractivity contribution in [3.8, 4) is 0 Å². The molecule has 1 saturated heterocycles. The number of fused-ring (bicyclic) bond motifs is 2. The van der Waals surface area contributed by atoms with E-state index in [2.05, 4.69) is 30.6 Å². The third-order valence-corrected chi connectivity index (χ3v) is 7.77. The minimum absolute atomic E-state index is 0.113. The summed E-state index contributed by atoms with van der Waals surface area (Å²) in [5.41, 5.74) is 1.54. The van der Waals surface area contributed by atoms with E-state index in [1.54, 1.807) is 56.0 Å². The van der Waals surface area contributed by atoms with E-state index in [0.717, 1.165) is 18.4 Å². The largest absolute Gasteiger partial charge is 0.481 e. The first-order chi connectivity index (χ1) is 20.9. The van der Waals surface area contributed by atoms with E-state index in [-0.39, 0.29) is 41.9 Å². The van der Waals surface area contributed by atoms with Crippen LogP contribution < -0.4 is 10.6 Å². The average Bonchev–Trinajstić information content (AvgIpc) is 3.59. The molecule has 44 heavy (non-hydrogen) atoms. The van der Waals surface area contributed by atoms with Crippen LogP contribution in [0.4, 0.5) is 10.6 Å². The maximum atomic E-state index is 13.7. The summed E-state index contributed by atoms with van der Waals surface area (Å²) in [6, 6.07) is 7.77. The second kappa shape index (κ2) is 12.8. The number of likely N-dealkylation sites (tertiary alicyclic amines) is 1. The van der Waals surface area contributed by atoms with Crippen molar-refractivity contribution in [2.45, 2.75) is 64.1 Å². The van der Waals surface area contributed by atoms with Crippen LogP contribution in [-0.4, -0.2) is 72.6 Å². The van der Waals surface area contributed by atoms with Crippen molar-refractivity contribution in [3.05, 3.63) is 58.1 Å². The van der Waals surface area contributed by atoms with Crippen LogP contribution in [-0.2, 0) is 9.53 Å². The smallest absolute Gasteiger partial charge is 0.407 e. The Morgan fingerprint density at radius 1 is 1.16 bits per heavy atom. The fourth-order valence-electron chi connectivity index (χ4n) is 5.21. The molecule has 0 bridgehead atoms. The Hall–Kier alpha value is -4.16. The number of halogens is 2. The highest BCUT2D eigenvalue weighted by atomic mass is 35.5. The molecular weight excluding hydrogens is 609 g/mol. The molecule has 4 N–H and O–H groups in total. The molecule has 0 unspecified atom stereocenters. The number of amides is 2. The van der Waals surface area contributed by atoms with Crippen molar-refractivity contribution in [2.24, 2.45) is 0 Å². The molecule has 0 spiro atoms. The van der Waals surface area contributed by atoms with Gasteiger partial charge in [0.1, 0.15) is 23.6 Å². The zero-order valence-electron chi connectivity index (χ0n) is 24.5. The number of benzene rings is 2. The lowest BCUT2D eigenvalue weighted by Gasteiger charge is -2.26. The van der Waals surface area contributed by atoms with Crippen molar-refractivity contribution in [3.63, 3.8) is 0 Å². The molecule has 2 aromatic carbocycles. The van der Waals surface area contributed by atoms with Gasteiger partial charge in [-0.25, -0.2) is 19.7 Å². The minimum Gasteiger partial charge on any atom is -0.481 e. The second-order valence-corrected chi connectivity index (χ2v) is 12.5. The van der Waals surface area contributed by atoms with Crippen molar-refractivity contribution in [1.82, 2.24) is 30.2 Å². The van der Waals surface area contributed by atoms with Gasteiger partial charge in [0.15, 0.2) is 0 Å². The molecule has 232 valence electrons. The minimum atomic E-state index is -0.948. The van der Waals surface area contributed by atoms with Crippen LogP contribution >= 0.6 is 23.2 Å². The molecule has 4 aromatic rings. The van der Waals surface area contributed by atoms with E-state index < -0.39 is 23.7 Å². The zero-order chi connectivity index (χ0) is 31.6. The van der Waals surface area contributed by atoms with Gasteiger partial charge in [0.25, 0.3) is 5.91 Å². The number of imidazole rings is 1. The Morgan fingerprint density at radius 3 is 2.70 bits per heavy atom. The van der Waals surface area contributed by atoms with Crippen LogP contribution in [0.25, 0.3) is 21.9 Å². The molecule has 3 heterocycles. The Labute approximate surface area is 263 Å². The standard InChI is InChI=1S/C30H33Cl2N7O5/c1-30(2,3)44-29(43)33-14-17-5-4-10-39(17)28(42)18-13-23-19(12-20(18)32)26(35-15-34-23)37-22(8-9-25(40)41)27-36-21-7-6-16(31)11-24(21)38-27/h6-7,11-13,15,17,22H,4-5,8-10,14H2,1-3H3,(H,33,43)(H,36,38)(H,40,41)(H,34,35,37)/t17-,22-/m0/s1. The van der Waals surface area contributed by atoms with Gasteiger partial charge in [0.05, 0.1) is 33.2 Å². The number of aromatic amines is 1. The lowest BCUT2D eigenvalue weighted by molar-refractivity contribution is -0.137. The molecule has 12 nitrogen and oxygen atoms in total. The fraction of sp³-hybridized carbons (Fsp3) is 0.400. The average molecular weight is 643 g/mol. The van der Waals surface area contributed by atoms with E-state index in [1.807, 2.05) is 0 Å². The van der Waals surface area contributed by atoms with Crippen LogP contribution in [0.2, 0.25) is 10.0 Å². The monoisotopic (exact) mass is 641 g/mol. The number of nitrogens with one attached hydrogen (secondary N) is 3. The lowest BCUT2D eigenvalue weighted by atomic mass is 10.1. The zero-order valence-corrected chi connectivity index (χ0v) is 26.0. The number of carboxylic acids is 1. The van der Waals surface area contributed by atoms with Gasteiger partial charge in [0, 0.05) is 36.0 Å². The molecule has 2 atom stereocenters. The number of ether oxygens (including phenoxy) is 1. The molecular formula is C30H33Cl2N7O5. The van der Waals surface area contributed by atoms with Crippen LogP contribution in [0.3, 0.4) is 0 Å². The second-order valence-electron chi connectivity index (χ2n) is 11.7. The number of anilines is 1. The van der Waals surface area contributed by atoms with Crippen LogP contribution in [0.5, 0.6) is 0 Å². The van der Waals surface area contributed by atoms with E-state index in [0.29, 0.717) is 39.6 Å². The maximum absolute atomic E-state index is 13.7. The molecule has 1 fully saturated rings. The van der Waals surface area contributed by atoms with Gasteiger partial charge in [-0.2, -0.15) is 0 Å². The molecule has 5 rings (SSSR count). The lowest BCUT2D eigenvalue weighted by Crippen LogP contribution is -2.44. The molecule has 14 heteroatoms. The highest BCUT2D eigenvalue weighted by Crippen LogP contribution is 2.32. The number of hydrogen-bond donors (Lipinski definition) is 4. The summed E-state index contributed by atoms with van der Waals surface area (Å²) in [7, 11) is 0. The first-order valence-electron chi connectivity index (χ1n) is 14.2. The summed E-state index contributed by atoms with van der Waals surface area (Å²) in [4.78, 5) is 55.6. The molecule has 0 saturated carbocycles. The number of nitrogens with zero attached hydrogens (tertiary/aromatic N) is 4. The number of aromatic nitrogens is 4. The third-order valence-electron chi connectivity index (χ3n) is 7.22. The third kappa shape index (κ3) is 7.31. The van der Waals surface area contributed by atoms with E-state index in [9.17, 15) is 19.5 Å². The number of rotatable bonds is 9. The summed E-state index contributed by atoms with van der Waals surface area (Å²) in [6.45, 7) is 6.15. The number of carbonyl (C=O) groups is 3. The maximum Gasteiger partial charge on any atom is 0.407 e. The fourth-order valence-corrected chi connectivity index (χ4v) is 5.63. The van der Waals surface area contributed by atoms with Gasteiger partial charge in [-0.3, -0.25) is 9.59 Å². The molecule has 1 aliphatic rings. The summed E-state index contributed by atoms with van der Waals surface area (Å²) in [5, 5.41) is 16.7. The van der Waals surface area contributed by atoms with Crippen molar-refractivity contribution in [1.29, 1.82) is 0 Å². The first-order valence-corrected chi connectivity index (χ1v) is 15.0.